The zero-order chi connectivity index (χ0) is 26.2. The first-order valence-corrected chi connectivity index (χ1v) is 12.3. The molecule has 1 saturated carbocycles. The van der Waals surface area contributed by atoms with Crippen molar-refractivity contribution in [3.8, 4) is 11.8 Å². The van der Waals surface area contributed by atoms with Crippen molar-refractivity contribution in [1.29, 1.82) is 5.26 Å². The van der Waals surface area contributed by atoms with Crippen molar-refractivity contribution in [2.45, 2.75) is 10.3 Å². The fourth-order valence-corrected chi connectivity index (χ4v) is 5.45. The van der Waals surface area contributed by atoms with Crippen molar-refractivity contribution in [3.05, 3.63) is 86.4 Å². The molecule has 6 nitrogen and oxygen atoms in total. The molecule has 0 aliphatic heterocycles. The van der Waals surface area contributed by atoms with Crippen LogP contribution < -0.4 is 15.4 Å². The molecular weight excluding hydrogens is 568 g/mol. The van der Waals surface area contributed by atoms with Gasteiger partial charge in [0.25, 0.3) is 5.91 Å². The highest BCUT2D eigenvalue weighted by Gasteiger charge is 2.67. The van der Waals surface area contributed by atoms with E-state index in [4.69, 9.17) is 68.0 Å². The molecule has 36 heavy (non-hydrogen) atoms. The third kappa shape index (κ3) is 5.36. The van der Waals surface area contributed by atoms with Gasteiger partial charge >= 0.3 is 0 Å². The maximum Gasteiger partial charge on any atom is 0.257 e. The SMILES string of the molecule is COc1cc(NC(=O)c2cc(NC(=O)[C@H]3[C@H](c4cc(Cl)cc(Cl)c4)C3(Cl)Cl)ccc2Cl)ccc1C#N. The average molecular weight is 584 g/mol. The normalized spacial score (nSPS) is 17.6. The van der Waals surface area contributed by atoms with Crippen molar-refractivity contribution in [2.75, 3.05) is 17.7 Å². The number of carbonyl (C=O) groups is 2. The molecule has 0 radical (unpaired) electrons. The molecule has 0 saturated heterocycles. The Kier molecular flexibility index (Phi) is 7.61. The van der Waals surface area contributed by atoms with Crippen molar-refractivity contribution < 1.29 is 14.3 Å². The number of amides is 2. The highest BCUT2D eigenvalue weighted by molar-refractivity contribution is 6.53. The van der Waals surface area contributed by atoms with Gasteiger partial charge in [0.15, 0.2) is 0 Å². The Bertz CT molecular complexity index is 1400. The zero-order valence-corrected chi connectivity index (χ0v) is 22.2. The molecule has 1 aliphatic carbocycles. The van der Waals surface area contributed by atoms with Crippen LogP contribution in [0, 0.1) is 17.2 Å². The van der Waals surface area contributed by atoms with Crippen LogP contribution in [0.2, 0.25) is 15.1 Å². The van der Waals surface area contributed by atoms with Crippen LogP contribution in [0.4, 0.5) is 11.4 Å². The van der Waals surface area contributed by atoms with E-state index in [2.05, 4.69) is 10.6 Å². The summed E-state index contributed by atoms with van der Waals surface area (Å²) in [5.74, 6) is -1.93. The second-order valence-corrected chi connectivity index (χ2v) is 10.7. The number of anilines is 2. The summed E-state index contributed by atoms with van der Waals surface area (Å²) in [5.41, 5.74) is 1.81. The van der Waals surface area contributed by atoms with E-state index in [-0.39, 0.29) is 10.6 Å². The van der Waals surface area contributed by atoms with Gasteiger partial charge in [-0.05, 0) is 54.1 Å². The van der Waals surface area contributed by atoms with E-state index < -0.39 is 28.0 Å². The number of carbonyl (C=O) groups excluding carboxylic acids is 2. The zero-order valence-electron chi connectivity index (χ0n) is 18.4. The molecule has 4 rings (SSSR count). The Hall–Kier alpha value is -2.66. The quantitative estimate of drug-likeness (QED) is 0.298. The predicted octanol–water partition coefficient (Wildman–Crippen LogP) is 7.31. The summed E-state index contributed by atoms with van der Waals surface area (Å²) in [4.78, 5) is 25.9. The predicted molar refractivity (Wildman–Crippen MR) is 143 cm³/mol. The lowest BCUT2D eigenvalue weighted by Crippen LogP contribution is -2.18. The van der Waals surface area contributed by atoms with Crippen LogP contribution in [0.1, 0.15) is 27.4 Å². The molecule has 2 atom stereocenters. The molecule has 0 spiro atoms. The van der Waals surface area contributed by atoms with Crippen LogP contribution in [0.5, 0.6) is 5.75 Å². The lowest BCUT2D eigenvalue weighted by molar-refractivity contribution is -0.117. The van der Waals surface area contributed by atoms with Crippen LogP contribution in [0.25, 0.3) is 0 Å². The number of nitriles is 1. The van der Waals surface area contributed by atoms with Crippen LogP contribution in [-0.2, 0) is 4.79 Å². The monoisotopic (exact) mass is 581 g/mol. The Labute approximate surface area is 232 Å². The fourth-order valence-electron chi connectivity index (χ4n) is 3.88. The number of benzene rings is 3. The number of halogens is 5. The minimum Gasteiger partial charge on any atom is -0.495 e. The van der Waals surface area contributed by atoms with Crippen molar-refractivity contribution in [1.82, 2.24) is 0 Å². The van der Waals surface area contributed by atoms with Gasteiger partial charge in [-0.15, -0.1) is 23.2 Å². The molecule has 11 heteroatoms. The summed E-state index contributed by atoms with van der Waals surface area (Å²) in [5, 5.41) is 15.5. The van der Waals surface area contributed by atoms with Crippen molar-refractivity contribution in [2.24, 2.45) is 5.92 Å². The van der Waals surface area contributed by atoms with Gasteiger partial charge < -0.3 is 15.4 Å². The highest BCUT2D eigenvalue weighted by atomic mass is 35.5. The lowest BCUT2D eigenvalue weighted by atomic mass is 10.1. The number of hydrogen-bond donors (Lipinski definition) is 2. The number of methoxy groups -OCH3 is 1. The molecule has 3 aromatic rings. The average Bonchev–Trinajstić information content (AvgIpc) is 3.41. The van der Waals surface area contributed by atoms with Crippen molar-refractivity contribution >= 4 is 81.2 Å². The third-order valence-corrected chi connectivity index (χ3v) is 7.34. The highest BCUT2D eigenvalue weighted by Crippen LogP contribution is 2.65. The Morgan fingerprint density at radius 3 is 2.22 bits per heavy atom. The molecule has 0 aromatic heterocycles. The van der Waals surface area contributed by atoms with E-state index in [0.717, 1.165) is 0 Å². The summed E-state index contributed by atoms with van der Waals surface area (Å²) in [6.07, 6.45) is 0. The maximum atomic E-state index is 13.0. The van der Waals surface area contributed by atoms with Crippen molar-refractivity contribution in [3.63, 3.8) is 0 Å². The van der Waals surface area contributed by atoms with E-state index in [1.54, 1.807) is 30.3 Å². The summed E-state index contributed by atoms with van der Waals surface area (Å²) in [6.45, 7) is 0. The first kappa shape index (κ1) is 26.4. The summed E-state index contributed by atoms with van der Waals surface area (Å²) in [6, 6.07) is 16.0. The number of alkyl halides is 2. The Morgan fingerprint density at radius 2 is 1.58 bits per heavy atom. The molecule has 2 amide bonds. The number of nitrogens with one attached hydrogen (secondary N) is 2. The van der Waals surface area contributed by atoms with E-state index in [0.29, 0.717) is 38.3 Å². The third-order valence-electron chi connectivity index (χ3n) is 5.64. The molecule has 1 fully saturated rings. The topological polar surface area (TPSA) is 91.2 Å². The number of hydrogen-bond acceptors (Lipinski definition) is 4. The van der Waals surface area contributed by atoms with Gasteiger partial charge in [0.1, 0.15) is 16.2 Å². The maximum absolute atomic E-state index is 13.0. The van der Waals surface area contributed by atoms with E-state index in [1.807, 2.05) is 6.07 Å². The minimum absolute atomic E-state index is 0.120. The number of nitrogens with zero attached hydrogens (tertiary/aromatic N) is 1. The smallest absolute Gasteiger partial charge is 0.257 e. The second kappa shape index (κ2) is 10.4. The van der Waals surface area contributed by atoms with Gasteiger partial charge in [-0.1, -0.05) is 34.8 Å². The van der Waals surface area contributed by atoms with E-state index in [1.165, 1.54) is 31.4 Å². The van der Waals surface area contributed by atoms with E-state index in [9.17, 15) is 9.59 Å². The molecular formula is C25H16Cl5N3O3. The van der Waals surface area contributed by atoms with Gasteiger partial charge in [0.2, 0.25) is 5.91 Å². The summed E-state index contributed by atoms with van der Waals surface area (Å²) < 4.78 is 3.82. The minimum atomic E-state index is -1.35. The lowest BCUT2D eigenvalue weighted by Gasteiger charge is -2.11. The molecule has 1 aliphatic rings. The van der Waals surface area contributed by atoms with Crippen LogP contribution in [-0.4, -0.2) is 23.3 Å². The van der Waals surface area contributed by atoms with Gasteiger partial charge in [0, 0.05) is 33.4 Å². The number of rotatable bonds is 6. The van der Waals surface area contributed by atoms with Gasteiger partial charge in [-0.25, -0.2) is 0 Å². The fraction of sp³-hybridized carbons (Fsp3) is 0.160. The molecule has 184 valence electrons. The van der Waals surface area contributed by atoms with Crippen LogP contribution in [0.15, 0.2) is 54.6 Å². The summed E-state index contributed by atoms with van der Waals surface area (Å²) >= 11 is 31.2. The molecule has 3 aromatic carbocycles. The first-order valence-electron chi connectivity index (χ1n) is 10.4. The van der Waals surface area contributed by atoms with Gasteiger partial charge in [-0.3, -0.25) is 9.59 Å². The molecule has 0 unspecified atom stereocenters. The first-order chi connectivity index (χ1) is 17.0. The molecule has 0 heterocycles. The largest absolute Gasteiger partial charge is 0.495 e. The van der Waals surface area contributed by atoms with Crippen LogP contribution >= 0.6 is 58.0 Å². The molecule has 0 bridgehead atoms. The standard InChI is InChI=1S/C25H16Cl5N3O3/c1-36-20-10-17(3-2-12(20)11-31)32-23(34)18-9-16(4-5-19(18)28)33-24(35)22-21(25(22,29)30)13-6-14(26)8-15(27)7-13/h2-10,21-22H,1H3,(H,32,34)(H,33,35)/t21-,22+/m0/s1. The Morgan fingerprint density at radius 1 is 0.944 bits per heavy atom. The summed E-state index contributed by atoms with van der Waals surface area (Å²) in [7, 11) is 1.42. The number of ether oxygens (including phenoxy) is 1. The van der Waals surface area contributed by atoms with Gasteiger partial charge in [-0.2, -0.15) is 5.26 Å². The van der Waals surface area contributed by atoms with E-state index >= 15 is 0 Å². The second-order valence-electron chi connectivity index (χ2n) is 8.00. The van der Waals surface area contributed by atoms with Crippen LogP contribution in [0.3, 0.4) is 0 Å². The van der Waals surface area contributed by atoms with Gasteiger partial charge in [0.05, 0.1) is 29.2 Å². The Balaban J connectivity index is 1.51. The molecule has 2 N–H and O–H groups in total.